The van der Waals surface area contributed by atoms with Gasteiger partial charge in [0.15, 0.2) is 5.76 Å². The summed E-state index contributed by atoms with van der Waals surface area (Å²) in [6.45, 7) is 5.01. The molecule has 1 aromatic heterocycles. The van der Waals surface area contributed by atoms with Gasteiger partial charge in [0.25, 0.3) is 0 Å². The van der Waals surface area contributed by atoms with Crippen molar-refractivity contribution in [2.45, 2.75) is 44.2 Å². The molecule has 2 atom stereocenters. The number of carbonyl (C=O) groups excluding carboxylic acids is 1. The second kappa shape index (κ2) is 7.61. The minimum absolute atomic E-state index is 0.0394. The maximum Gasteiger partial charge on any atom is 0.246 e. The van der Waals surface area contributed by atoms with Crippen molar-refractivity contribution in [2.24, 2.45) is 0 Å². The SMILES string of the molecule is Cc1noc(C)c1S(=O)(=O)N[C@@H](C)C(=O)NC1CCOc2ccc(Br)cc21. The van der Waals surface area contributed by atoms with E-state index in [1.54, 1.807) is 0 Å². The molecule has 1 amide bonds. The van der Waals surface area contributed by atoms with Crippen LogP contribution in [0.5, 0.6) is 5.75 Å². The molecule has 1 aliphatic heterocycles. The van der Waals surface area contributed by atoms with E-state index < -0.39 is 22.0 Å². The number of nitrogens with zero attached hydrogens (tertiary/aromatic N) is 1. The topological polar surface area (TPSA) is 111 Å². The molecular weight excluding hydrogens is 438 g/mol. The van der Waals surface area contributed by atoms with E-state index >= 15 is 0 Å². The van der Waals surface area contributed by atoms with Crippen LogP contribution in [0.1, 0.15) is 36.4 Å². The van der Waals surface area contributed by atoms with Gasteiger partial charge in [0, 0.05) is 16.5 Å². The lowest BCUT2D eigenvalue weighted by Gasteiger charge is -2.28. The number of benzene rings is 1. The van der Waals surface area contributed by atoms with Crippen molar-refractivity contribution in [3.63, 3.8) is 0 Å². The second-order valence-electron chi connectivity index (χ2n) is 6.38. The minimum atomic E-state index is -3.93. The fourth-order valence-corrected chi connectivity index (χ4v) is 4.93. The molecule has 0 aliphatic carbocycles. The average Bonchev–Trinajstić information content (AvgIpc) is 2.94. The van der Waals surface area contributed by atoms with Gasteiger partial charge in [0.1, 0.15) is 16.3 Å². The first-order valence-corrected chi connectivity index (χ1v) is 10.6. The molecule has 3 rings (SSSR count). The summed E-state index contributed by atoms with van der Waals surface area (Å²) < 4.78 is 38.9. The van der Waals surface area contributed by atoms with Crippen molar-refractivity contribution >= 4 is 31.9 Å². The quantitative estimate of drug-likeness (QED) is 0.712. The first-order chi connectivity index (χ1) is 12.7. The van der Waals surface area contributed by atoms with Crippen molar-refractivity contribution in [3.05, 3.63) is 39.7 Å². The first-order valence-electron chi connectivity index (χ1n) is 8.37. The maximum absolute atomic E-state index is 12.6. The van der Waals surface area contributed by atoms with Gasteiger partial charge in [0.2, 0.25) is 15.9 Å². The molecule has 10 heteroatoms. The zero-order chi connectivity index (χ0) is 19.8. The third-order valence-corrected chi connectivity index (χ3v) is 6.57. The van der Waals surface area contributed by atoms with E-state index in [0.717, 1.165) is 10.0 Å². The van der Waals surface area contributed by atoms with Gasteiger partial charge in [-0.05, 0) is 39.0 Å². The predicted molar refractivity (Wildman–Crippen MR) is 101 cm³/mol. The van der Waals surface area contributed by atoms with Crippen LogP contribution in [0.3, 0.4) is 0 Å². The fourth-order valence-electron chi connectivity index (χ4n) is 3.02. The smallest absolute Gasteiger partial charge is 0.246 e. The molecule has 0 radical (unpaired) electrons. The molecule has 2 heterocycles. The number of rotatable bonds is 5. The summed E-state index contributed by atoms with van der Waals surface area (Å²) in [6, 6.07) is 4.36. The molecule has 2 aromatic rings. The lowest BCUT2D eigenvalue weighted by molar-refractivity contribution is -0.123. The number of halogens is 1. The Hall–Kier alpha value is -1.91. The van der Waals surface area contributed by atoms with Crippen LogP contribution in [0.2, 0.25) is 0 Å². The van der Waals surface area contributed by atoms with Crippen molar-refractivity contribution in [1.29, 1.82) is 0 Å². The van der Waals surface area contributed by atoms with Gasteiger partial charge in [-0.15, -0.1) is 0 Å². The van der Waals surface area contributed by atoms with Crippen LogP contribution in [0.15, 0.2) is 32.1 Å². The zero-order valence-corrected chi connectivity index (χ0v) is 17.5. The second-order valence-corrected chi connectivity index (χ2v) is 8.94. The highest BCUT2D eigenvalue weighted by atomic mass is 79.9. The monoisotopic (exact) mass is 457 g/mol. The lowest BCUT2D eigenvalue weighted by Crippen LogP contribution is -2.46. The Bertz CT molecular complexity index is 953. The summed E-state index contributed by atoms with van der Waals surface area (Å²) in [6.07, 6.45) is 0.596. The van der Waals surface area contributed by atoms with Crippen LogP contribution in [-0.2, 0) is 14.8 Å². The fraction of sp³-hybridized carbons (Fsp3) is 0.412. The Morgan fingerprint density at radius 2 is 2.11 bits per heavy atom. The van der Waals surface area contributed by atoms with Crippen LogP contribution in [0.4, 0.5) is 0 Å². The van der Waals surface area contributed by atoms with Crippen LogP contribution >= 0.6 is 15.9 Å². The Kier molecular flexibility index (Phi) is 5.59. The Morgan fingerprint density at radius 1 is 1.37 bits per heavy atom. The molecule has 1 unspecified atom stereocenters. The maximum atomic E-state index is 12.6. The summed E-state index contributed by atoms with van der Waals surface area (Å²) in [7, 11) is -3.93. The molecule has 0 fully saturated rings. The molecule has 0 saturated heterocycles. The first kappa shape index (κ1) is 19.8. The Labute approximate surface area is 165 Å². The van der Waals surface area contributed by atoms with Gasteiger partial charge in [0.05, 0.1) is 18.7 Å². The lowest BCUT2D eigenvalue weighted by atomic mass is 10.0. The third kappa shape index (κ3) is 4.17. The number of sulfonamides is 1. The average molecular weight is 458 g/mol. The Morgan fingerprint density at radius 3 is 2.78 bits per heavy atom. The standard InChI is InChI=1S/C17H20BrN3O5S/c1-9-16(11(3)26-20-9)27(23,24)21-10(2)17(22)19-14-6-7-25-15-5-4-12(18)8-13(14)15/h4-5,8,10,14,21H,6-7H2,1-3H3,(H,19,22)/t10-,14?/m0/s1. The Balaban J connectivity index is 1.73. The van der Waals surface area contributed by atoms with Gasteiger partial charge in [-0.1, -0.05) is 21.1 Å². The van der Waals surface area contributed by atoms with E-state index in [9.17, 15) is 13.2 Å². The molecule has 0 spiro atoms. The highest BCUT2D eigenvalue weighted by Crippen LogP contribution is 2.34. The summed E-state index contributed by atoms with van der Waals surface area (Å²) in [4.78, 5) is 12.6. The number of hydrogen-bond acceptors (Lipinski definition) is 6. The summed E-state index contributed by atoms with van der Waals surface area (Å²) in [5.41, 5.74) is 1.10. The van der Waals surface area contributed by atoms with Crippen LogP contribution in [0.25, 0.3) is 0 Å². The van der Waals surface area contributed by atoms with E-state index in [2.05, 4.69) is 31.1 Å². The summed E-state index contributed by atoms with van der Waals surface area (Å²) in [5, 5.41) is 6.54. The number of amides is 1. The molecule has 146 valence electrons. The third-order valence-electron chi connectivity index (χ3n) is 4.29. The predicted octanol–water partition coefficient (Wildman–Crippen LogP) is 2.36. The van der Waals surface area contributed by atoms with Crippen LogP contribution < -0.4 is 14.8 Å². The number of fused-ring (bicyclic) bond motifs is 1. The van der Waals surface area contributed by atoms with E-state index in [4.69, 9.17) is 9.26 Å². The number of nitrogens with one attached hydrogen (secondary N) is 2. The van der Waals surface area contributed by atoms with Crippen molar-refractivity contribution in [2.75, 3.05) is 6.61 Å². The van der Waals surface area contributed by atoms with E-state index in [1.807, 2.05) is 18.2 Å². The highest BCUT2D eigenvalue weighted by Gasteiger charge is 2.30. The van der Waals surface area contributed by atoms with Crippen molar-refractivity contribution in [1.82, 2.24) is 15.2 Å². The molecule has 2 N–H and O–H groups in total. The molecule has 1 aromatic carbocycles. The molecule has 1 aliphatic rings. The van der Waals surface area contributed by atoms with Gasteiger partial charge >= 0.3 is 0 Å². The minimum Gasteiger partial charge on any atom is -0.493 e. The molecule has 0 saturated carbocycles. The van der Waals surface area contributed by atoms with Gasteiger partial charge in [-0.3, -0.25) is 4.79 Å². The molecule has 8 nitrogen and oxygen atoms in total. The van der Waals surface area contributed by atoms with Crippen molar-refractivity contribution in [3.8, 4) is 5.75 Å². The number of aromatic nitrogens is 1. The van der Waals surface area contributed by atoms with Crippen molar-refractivity contribution < 1.29 is 22.5 Å². The number of carbonyl (C=O) groups is 1. The molecule has 0 bridgehead atoms. The summed E-state index contributed by atoms with van der Waals surface area (Å²) >= 11 is 3.41. The number of hydrogen-bond donors (Lipinski definition) is 2. The van der Waals surface area contributed by atoms with Crippen LogP contribution in [0, 0.1) is 13.8 Å². The van der Waals surface area contributed by atoms with E-state index in [-0.39, 0.29) is 22.4 Å². The van der Waals surface area contributed by atoms with E-state index in [0.29, 0.717) is 18.8 Å². The highest BCUT2D eigenvalue weighted by molar-refractivity contribution is 9.10. The van der Waals surface area contributed by atoms with Gasteiger partial charge in [-0.2, -0.15) is 4.72 Å². The van der Waals surface area contributed by atoms with E-state index in [1.165, 1.54) is 20.8 Å². The number of aryl methyl sites for hydroxylation is 2. The normalized spacial score (nSPS) is 17.7. The largest absolute Gasteiger partial charge is 0.493 e. The van der Waals surface area contributed by atoms with Gasteiger partial charge in [-0.25, -0.2) is 8.42 Å². The molecule has 27 heavy (non-hydrogen) atoms. The number of ether oxygens (including phenoxy) is 1. The zero-order valence-electron chi connectivity index (χ0n) is 15.1. The summed E-state index contributed by atoms with van der Waals surface area (Å²) in [5.74, 6) is 0.456. The van der Waals surface area contributed by atoms with Crippen LogP contribution in [-0.4, -0.2) is 32.1 Å². The van der Waals surface area contributed by atoms with Gasteiger partial charge < -0.3 is 14.6 Å². The molecular formula is C17H20BrN3O5S.